The fourth-order valence-electron chi connectivity index (χ4n) is 2.45. The molecular weight excluding hydrogens is 343 g/mol. The van der Waals surface area contributed by atoms with Crippen molar-refractivity contribution in [3.63, 3.8) is 0 Å². The molecule has 1 amide bonds. The summed E-state index contributed by atoms with van der Waals surface area (Å²) >= 11 is 0. The lowest BCUT2D eigenvalue weighted by molar-refractivity contribution is -0.274. The molecule has 0 saturated carbocycles. The van der Waals surface area contributed by atoms with Crippen molar-refractivity contribution in [2.45, 2.75) is 26.8 Å². The number of nitrogens with zero attached hydrogens (tertiary/aromatic N) is 3. The van der Waals surface area contributed by atoms with Crippen molar-refractivity contribution in [2.24, 2.45) is 0 Å². The number of rotatable bonds is 2. The Morgan fingerprint density at radius 3 is 2.42 bits per heavy atom. The molecule has 0 bridgehead atoms. The number of amides is 1. The normalized spacial score (nSPS) is 16.8. The third kappa shape index (κ3) is 3.84. The Labute approximate surface area is 144 Å². The number of aromatic nitrogens is 2. The molecule has 0 fully saturated rings. The summed E-state index contributed by atoms with van der Waals surface area (Å²) in [6.45, 7) is 2.31. The van der Waals surface area contributed by atoms with E-state index in [9.17, 15) is 18.0 Å². The van der Waals surface area contributed by atoms with E-state index in [0.717, 1.165) is 0 Å². The second-order valence-electron chi connectivity index (χ2n) is 4.97. The molecule has 1 aliphatic rings. The summed E-state index contributed by atoms with van der Waals surface area (Å²) in [5.41, 5.74) is 0.966. The highest BCUT2D eigenvalue weighted by Crippen LogP contribution is 2.29. The average Bonchev–Trinajstić information content (AvgIpc) is 2.92. The predicted molar refractivity (Wildman–Crippen MR) is 88.9 cm³/mol. The minimum Gasteiger partial charge on any atom is -0.406 e. The van der Waals surface area contributed by atoms with Crippen LogP contribution in [0.3, 0.4) is 0 Å². The van der Waals surface area contributed by atoms with Gasteiger partial charge in [0.15, 0.2) is 0 Å². The molecule has 9 heteroatoms. The van der Waals surface area contributed by atoms with Gasteiger partial charge in [-0.2, -0.15) is 18.6 Å². The molecule has 1 aromatic carbocycles. The van der Waals surface area contributed by atoms with E-state index in [-0.39, 0.29) is 38.6 Å². The first-order valence-corrected chi connectivity index (χ1v) is 6.56. The largest absolute Gasteiger partial charge is 0.573 e. The van der Waals surface area contributed by atoms with Gasteiger partial charge in [-0.05, 0) is 37.3 Å². The first kappa shape index (κ1) is 19.9. The van der Waals surface area contributed by atoms with Crippen molar-refractivity contribution in [3.8, 4) is 5.75 Å². The molecular formula is C15H18F3N3O2S. The highest BCUT2D eigenvalue weighted by molar-refractivity contribution is 7.59. The van der Waals surface area contributed by atoms with E-state index >= 15 is 0 Å². The molecule has 132 valence electrons. The standard InChI is InChI=1S/C14H12F3N3O2.CH4.H2S/c1-9-8-19(13(21)12-6-7-18-20(9)12)10-2-4-11(5-3-10)22-14(15,16)17;;/h2-7,9H,8H2,1H3;1H4;1H2/t9-;;/m0../s1. The topological polar surface area (TPSA) is 47.4 Å². The average molecular weight is 361 g/mol. The van der Waals surface area contributed by atoms with Gasteiger partial charge in [0.1, 0.15) is 11.4 Å². The van der Waals surface area contributed by atoms with Gasteiger partial charge in [0.05, 0.1) is 6.04 Å². The smallest absolute Gasteiger partial charge is 0.406 e. The predicted octanol–water partition coefficient (Wildman–Crippen LogP) is 3.75. The Morgan fingerprint density at radius 1 is 1.21 bits per heavy atom. The molecule has 0 N–H and O–H groups in total. The van der Waals surface area contributed by atoms with Crippen molar-refractivity contribution in [1.82, 2.24) is 9.78 Å². The van der Waals surface area contributed by atoms with Crippen molar-refractivity contribution in [1.29, 1.82) is 0 Å². The number of alkyl halides is 3. The van der Waals surface area contributed by atoms with Crippen LogP contribution in [0.5, 0.6) is 5.75 Å². The van der Waals surface area contributed by atoms with Crippen LogP contribution in [0.25, 0.3) is 0 Å². The summed E-state index contributed by atoms with van der Waals surface area (Å²) in [6, 6.07) is 6.83. The van der Waals surface area contributed by atoms with E-state index in [1.54, 1.807) is 16.9 Å². The van der Waals surface area contributed by atoms with Crippen molar-refractivity contribution >= 4 is 25.1 Å². The summed E-state index contributed by atoms with van der Waals surface area (Å²) in [6.07, 6.45) is -3.18. The van der Waals surface area contributed by atoms with E-state index in [0.29, 0.717) is 17.9 Å². The number of carbonyl (C=O) groups excluding carboxylic acids is 1. The van der Waals surface area contributed by atoms with Crippen molar-refractivity contribution < 1.29 is 22.7 Å². The maximum atomic E-state index is 12.4. The number of ether oxygens (including phenoxy) is 1. The Bertz CT molecular complexity index is 701. The molecule has 0 spiro atoms. The maximum absolute atomic E-state index is 12.4. The van der Waals surface area contributed by atoms with Crippen molar-refractivity contribution in [2.75, 3.05) is 11.4 Å². The Balaban J connectivity index is 0.00000144. The van der Waals surface area contributed by atoms with Crippen LogP contribution in [0.4, 0.5) is 18.9 Å². The molecule has 0 radical (unpaired) electrons. The number of halogens is 3. The highest BCUT2D eigenvalue weighted by atomic mass is 32.1. The van der Waals surface area contributed by atoms with Crippen LogP contribution in [0, 0.1) is 0 Å². The zero-order chi connectivity index (χ0) is 15.9. The number of hydrogen-bond acceptors (Lipinski definition) is 3. The van der Waals surface area contributed by atoms with Gasteiger partial charge < -0.3 is 9.64 Å². The lowest BCUT2D eigenvalue weighted by Crippen LogP contribution is -2.42. The number of benzene rings is 1. The van der Waals surface area contributed by atoms with E-state index in [1.165, 1.54) is 29.2 Å². The first-order chi connectivity index (χ1) is 10.3. The minimum absolute atomic E-state index is 0. The molecule has 0 aliphatic carbocycles. The van der Waals surface area contributed by atoms with Gasteiger partial charge in [0.25, 0.3) is 5.91 Å². The lowest BCUT2D eigenvalue weighted by Gasteiger charge is -2.31. The fraction of sp³-hybridized carbons (Fsp3) is 0.333. The van der Waals surface area contributed by atoms with Gasteiger partial charge in [0.2, 0.25) is 0 Å². The molecule has 2 heterocycles. The molecule has 0 saturated heterocycles. The van der Waals surface area contributed by atoms with E-state index < -0.39 is 6.36 Å². The summed E-state index contributed by atoms with van der Waals surface area (Å²) in [7, 11) is 0. The number of carbonyl (C=O) groups is 1. The number of anilines is 1. The molecule has 5 nitrogen and oxygen atoms in total. The summed E-state index contributed by atoms with van der Waals surface area (Å²) in [5, 5.41) is 4.09. The number of hydrogen-bond donors (Lipinski definition) is 0. The van der Waals surface area contributed by atoms with E-state index in [4.69, 9.17) is 0 Å². The molecule has 1 aliphatic heterocycles. The molecule has 0 unspecified atom stereocenters. The van der Waals surface area contributed by atoms with Crippen LogP contribution in [0.15, 0.2) is 36.5 Å². The summed E-state index contributed by atoms with van der Waals surface area (Å²) in [4.78, 5) is 13.9. The highest BCUT2D eigenvalue weighted by Gasteiger charge is 2.32. The SMILES string of the molecule is C.C[C@H]1CN(c2ccc(OC(F)(F)F)cc2)C(=O)c2ccnn21.S. The zero-order valence-corrected chi connectivity index (χ0v) is 13.0. The maximum Gasteiger partial charge on any atom is 0.573 e. The quantitative estimate of drug-likeness (QED) is 0.818. The summed E-state index contributed by atoms with van der Waals surface area (Å²) < 4.78 is 41.9. The molecule has 3 rings (SSSR count). The van der Waals surface area contributed by atoms with Gasteiger partial charge >= 0.3 is 6.36 Å². The third-order valence-electron chi connectivity index (χ3n) is 3.38. The summed E-state index contributed by atoms with van der Waals surface area (Å²) in [5.74, 6) is -0.557. The Hall–Kier alpha value is -2.16. The minimum atomic E-state index is -4.73. The Kier molecular flexibility index (Phi) is 5.94. The van der Waals surface area contributed by atoms with Crippen molar-refractivity contribution in [3.05, 3.63) is 42.2 Å². The van der Waals surface area contributed by atoms with Gasteiger partial charge in [0, 0.05) is 18.4 Å². The van der Waals surface area contributed by atoms with Gasteiger partial charge in [-0.25, -0.2) is 0 Å². The van der Waals surface area contributed by atoms with E-state index in [1.807, 2.05) is 6.92 Å². The van der Waals surface area contributed by atoms with Crippen LogP contribution < -0.4 is 9.64 Å². The van der Waals surface area contributed by atoms with Gasteiger partial charge in [-0.3, -0.25) is 9.48 Å². The molecule has 24 heavy (non-hydrogen) atoms. The lowest BCUT2D eigenvalue weighted by atomic mass is 10.1. The molecule has 1 atom stereocenters. The monoisotopic (exact) mass is 361 g/mol. The Morgan fingerprint density at radius 2 is 1.83 bits per heavy atom. The van der Waals surface area contributed by atoms with E-state index in [2.05, 4.69) is 9.84 Å². The second-order valence-corrected chi connectivity index (χ2v) is 4.97. The van der Waals surface area contributed by atoms with Crippen LogP contribution in [-0.2, 0) is 0 Å². The van der Waals surface area contributed by atoms with Crippen LogP contribution in [0.2, 0.25) is 0 Å². The number of fused-ring (bicyclic) bond motifs is 1. The molecule has 1 aromatic heterocycles. The fourth-order valence-corrected chi connectivity index (χ4v) is 2.45. The van der Waals surface area contributed by atoms with Crippen LogP contribution in [-0.4, -0.2) is 28.6 Å². The van der Waals surface area contributed by atoms with Gasteiger partial charge in [-0.1, -0.05) is 7.43 Å². The zero-order valence-electron chi connectivity index (χ0n) is 12.0. The van der Waals surface area contributed by atoms with Crippen LogP contribution >= 0.6 is 13.5 Å². The second kappa shape index (κ2) is 7.16. The van der Waals surface area contributed by atoms with Crippen LogP contribution in [0.1, 0.15) is 30.9 Å². The third-order valence-corrected chi connectivity index (χ3v) is 3.38. The first-order valence-electron chi connectivity index (χ1n) is 6.56. The van der Waals surface area contributed by atoms with Gasteiger partial charge in [-0.15, -0.1) is 13.2 Å². The molecule has 2 aromatic rings.